The Kier molecular flexibility index (Phi) is 5.00. The molecule has 0 radical (unpaired) electrons. The van der Waals surface area contributed by atoms with Gasteiger partial charge in [0.05, 0.1) is 4.90 Å². The first kappa shape index (κ1) is 17.4. The molecular weight excluding hydrogens is 408 g/mol. The second-order valence-electron chi connectivity index (χ2n) is 5.06. The average molecular weight is 421 g/mol. The van der Waals surface area contributed by atoms with Crippen LogP contribution in [0.2, 0.25) is 0 Å². The highest BCUT2D eigenvalue weighted by molar-refractivity contribution is 9.10. The molecule has 1 heterocycles. The van der Waals surface area contributed by atoms with Crippen LogP contribution in [0.4, 0.5) is 0 Å². The topological polar surface area (TPSA) is 78.3 Å². The predicted molar refractivity (Wildman–Crippen MR) is 96.0 cm³/mol. The minimum absolute atomic E-state index is 0.00348. The van der Waals surface area contributed by atoms with Gasteiger partial charge in [-0.15, -0.1) is 0 Å². The average Bonchev–Trinajstić information content (AvgIpc) is 2.64. The first-order valence-corrected chi connectivity index (χ1v) is 9.48. The summed E-state index contributed by atoms with van der Waals surface area (Å²) in [5.74, 6) is 0.0355. The van der Waals surface area contributed by atoms with Gasteiger partial charge in [-0.3, -0.25) is 4.79 Å². The third kappa shape index (κ3) is 3.64. The maximum Gasteiger partial charge on any atom is 0.285 e. The Balaban J connectivity index is 1.92. The van der Waals surface area contributed by atoms with Crippen LogP contribution in [-0.4, -0.2) is 17.4 Å². The van der Waals surface area contributed by atoms with Crippen LogP contribution in [0.25, 0.3) is 0 Å². The molecule has 0 bridgehead atoms. The molecule has 0 aliphatic heterocycles. The SMILES string of the molecule is O=c1c(Br)c(OCc2ccccc2)ncn1S(=O)(=O)c1ccccc1. The van der Waals surface area contributed by atoms with E-state index in [4.69, 9.17) is 4.74 Å². The van der Waals surface area contributed by atoms with Crippen molar-refractivity contribution < 1.29 is 13.2 Å². The summed E-state index contributed by atoms with van der Waals surface area (Å²) in [5, 5.41) is 0. The molecule has 128 valence electrons. The van der Waals surface area contributed by atoms with E-state index < -0.39 is 15.6 Å². The Hall–Kier alpha value is -2.45. The summed E-state index contributed by atoms with van der Waals surface area (Å²) in [6.07, 6.45) is 0.954. The van der Waals surface area contributed by atoms with Crippen LogP contribution in [-0.2, 0) is 16.6 Å². The molecule has 3 rings (SSSR count). The molecule has 0 spiro atoms. The number of hydrogen-bond acceptors (Lipinski definition) is 5. The number of aromatic nitrogens is 2. The van der Waals surface area contributed by atoms with E-state index in [1.807, 2.05) is 30.3 Å². The van der Waals surface area contributed by atoms with Crippen molar-refractivity contribution in [3.8, 4) is 5.88 Å². The van der Waals surface area contributed by atoms with Crippen molar-refractivity contribution in [2.75, 3.05) is 0 Å². The van der Waals surface area contributed by atoms with Gasteiger partial charge in [-0.1, -0.05) is 48.5 Å². The third-order valence-electron chi connectivity index (χ3n) is 3.37. The largest absolute Gasteiger partial charge is 0.472 e. The van der Waals surface area contributed by atoms with Crippen LogP contribution in [0.5, 0.6) is 5.88 Å². The minimum Gasteiger partial charge on any atom is -0.472 e. The molecule has 0 saturated carbocycles. The van der Waals surface area contributed by atoms with E-state index in [1.165, 1.54) is 12.1 Å². The summed E-state index contributed by atoms with van der Waals surface area (Å²) in [7, 11) is -4.02. The van der Waals surface area contributed by atoms with Crippen molar-refractivity contribution in [1.82, 2.24) is 8.96 Å². The Morgan fingerprint density at radius 2 is 1.60 bits per heavy atom. The lowest BCUT2D eigenvalue weighted by Crippen LogP contribution is -2.28. The fourth-order valence-corrected chi connectivity index (χ4v) is 3.84. The smallest absolute Gasteiger partial charge is 0.285 e. The van der Waals surface area contributed by atoms with Crippen molar-refractivity contribution >= 4 is 26.0 Å². The number of benzene rings is 2. The lowest BCUT2D eigenvalue weighted by atomic mass is 10.2. The van der Waals surface area contributed by atoms with E-state index in [9.17, 15) is 13.2 Å². The summed E-state index contributed by atoms with van der Waals surface area (Å²) < 4.78 is 31.2. The van der Waals surface area contributed by atoms with Crippen LogP contribution in [0.15, 0.2) is 81.2 Å². The highest BCUT2D eigenvalue weighted by Crippen LogP contribution is 2.20. The molecule has 0 aliphatic rings. The van der Waals surface area contributed by atoms with Crippen molar-refractivity contribution in [1.29, 1.82) is 0 Å². The van der Waals surface area contributed by atoms with E-state index in [0.29, 0.717) is 3.97 Å². The second kappa shape index (κ2) is 7.20. The van der Waals surface area contributed by atoms with Gasteiger partial charge in [0.15, 0.2) is 0 Å². The van der Waals surface area contributed by atoms with Gasteiger partial charge in [0.2, 0.25) is 5.88 Å². The summed E-state index contributed by atoms with van der Waals surface area (Å²) >= 11 is 3.08. The quantitative estimate of drug-likeness (QED) is 0.633. The molecule has 2 aromatic carbocycles. The van der Waals surface area contributed by atoms with Crippen molar-refractivity contribution in [3.63, 3.8) is 0 Å². The molecule has 25 heavy (non-hydrogen) atoms. The highest BCUT2D eigenvalue weighted by Gasteiger charge is 2.21. The summed E-state index contributed by atoms with van der Waals surface area (Å²) in [6.45, 7) is 0.210. The summed E-state index contributed by atoms with van der Waals surface area (Å²) in [4.78, 5) is 16.4. The fraction of sp³-hybridized carbons (Fsp3) is 0.0588. The third-order valence-corrected chi connectivity index (χ3v) is 5.70. The lowest BCUT2D eigenvalue weighted by molar-refractivity contribution is 0.290. The van der Waals surface area contributed by atoms with Crippen molar-refractivity contribution in [2.45, 2.75) is 11.5 Å². The molecule has 0 unspecified atom stereocenters. The zero-order valence-corrected chi connectivity index (χ0v) is 15.3. The summed E-state index contributed by atoms with van der Waals surface area (Å²) in [6, 6.07) is 17.0. The van der Waals surface area contributed by atoms with Gasteiger partial charge in [-0.25, -0.2) is 13.4 Å². The lowest BCUT2D eigenvalue weighted by Gasteiger charge is -2.10. The normalized spacial score (nSPS) is 11.2. The van der Waals surface area contributed by atoms with Gasteiger partial charge in [0.1, 0.15) is 17.4 Å². The van der Waals surface area contributed by atoms with Crippen LogP contribution >= 0.6 is 15.9 Å². The zero-order chi connectivity index (χ0) is 17.9. The van der Waals surface area contributed by atoms with Crippen molar-refractivity contribution in [3.05, 3.63) is 87.4 Å². The maximum atomic E-state index is 12.6. The Morgan fingerprint density at radius 1 is 1.00 bits per heavy atom. The molecule has 6 nitrogen and oxygen atoms in total. The van der Waals surface area contributed by atoms with E-state index >= 15 is 0 Å². The summed E-state index contributed by atoms with van der Waals surface area (Å²) in [5.41, 5.74) is 0.138. The monoisotopic (exact) mass is 420 g/mol. The molecule has 0 aliphatic carbocycles. The standard InChI is InChI=1S/C17H13BrN2O4S/c18-15-16(24-11-13-7-3-1-4-8-13)19-12-20(17(15)21)25(22,23)14-9-5-2-6-10-14/h1-10,12H,11H2. The number of rotatable bonds is 5. The maximum absolute atomic E-state index is 12.6. The number of halogens is 1. The first-order chi connectivity index (χ1) is 12.0. The van der Waals surface area contributed by atoms with Gasteiger partial charge in [0.25, 0.3) is 15.6 Å². The first-order valence-electron chi connectivity index (χ1n) is 7.24. The molecule has 0 atom stereocenters. The second-order valence-corrected chi connectivity index (χ2v) is 7.66. The van der Waals surface area contributed by atoms with E-state index in [-0.39, 0.29) is 21.9 Å². The Labute approximate surface area is 152 Å². The van der Waals surface area contributed by atoms with Gasteiger partial charge >= 0.3 is 0 Å². The number of nitrogens with zero attached hydrogens (tertiary/aromatic N) is 2. The highest BCUT2D eigenvalue weighted by atomic mass is 79.9. The predicted octanol–water partition coefficient (Wildman–Crippen LogP) is 2.82. The Morgan fingerprint density at radius 3 is 2.24 bits per heavy atom. The Bertz CT molecular complexity index is 1040. The number of ether oxygens (including phenoxy) is 1. The molecule has 0 fully saturated rings. The van der Waals surface area contributed by atoms with Crippen molar-refractivity contribution in [2.24, 2.45) is 0 Å². The minimum atomic E-state index is -4.02. The van der Waals surface area contributed by atoms with Gasteiger partial charge in [0, 0.05) is 0 Å². The van der Waals surface area contributed by atoms with Crippen LogP contribution in [0.3, 0.4) is 0 Å². The molecule has 0 saturated heterocycles. The van der Waals surface area contributed by atoms with Crippen LogP contribution < -0.4 is 10.3 Å². The zero-order valence-electron chi connectivity index (χ0n) is 12.9. The van der Waals surface area contributed by atoms with Gasteiger partial charge < -0.3 is 4.74 Å². The van der Waals surface area contributed by atoms with Crippen LogP contribution in [0.1, 0.15) is 5.56 Å². The fourth-order valence-electron chi connectivity index (χ4n) is 2.11. The van der Waals surface area contributed by atoms with E-state index in [1.54, 1.807) is 18.2 Å². The molecule has 0 amide bonds. The molecule has 0 N–H and O–H groups in total. The molecular formula is C17H13BrN2O4S. The number of hydrogen-bond donors (Lipinski definition) is 0. The molecule has 1 aromatic heterocycles. The molecule has 3 aromatic rings. The van der Waals surface area contributed by atoms with Crippen LogP contribution in [0, 0.1) is 0 Å². The van der Waals surface area contributed by atoms with Gasteiger partial charge in [-0.05, 0) is 33.6 Å². The molecule has 8 heteroatoms. The van der Waals surface area contributed by atoms with E-state index in [0.717, 1.165) is 11.9 Å². The van der Waals surface area contributed by atoms with Gasteiger partial charge in [-0.2, -0.15) is 3.97 Å². The van der Waals surface area contributed by atoms with E-state index in [2.05, 4.69) is 20.9 Å².